The lowest BCUT2D eigenvalue weighted by molar-refractivity contribution is 0.0704. The molecule has 0 saturated heterocycles. The van der Waals surface area contributed by atoms with E-state index >= 15 is 0 Å². The molecule has 0 radical (unpaired) electrons. The Kier molecular flexibility index (Phi) is 5.20. The van der Waals surface area contributed by atoms with E-state index in [-0.39, 0.29) is 19.2 Å². The third-order valence-corrected chi connectivity index (χ3v) is 4.72. The van der Waals surface area contributed by atoms with Gasteiger partial charge < -0.3 is 20.1 Å². The van der Waals surface area contributed by atoms with Gasteiger partial charge in [0.05, 0.1) is 11.0 Å². The van der Waals surface area contributed by atoms with Crippen LogP contribution in [-0.2, 0) is 6.54 Å². The Hall–Kier alpha value is -3.36. The van der Waals surface area contributed by atoms with Crippen LogP contribution in [0.4, 0.5) is 13.6 Å². The van der Waals surface area contributed by atoms with E-state index in [4.69, 9.17) is 9.47 Å². The van der Waals surface area contributed by atoms with Crippen molar-refractivity contribution in [2.24, 2.45) is 0 Å². The highest BCUT2D eigenvalue weighted by atomic mass is 19.3. The van der Waals surface area contributed by atoms with Gasteiger partial charge in [0.2, 0.25) is 6.79 Å². The number of amides is 2. The zero-order valence-corrected chi connectivity index (χ0v) is 15.7. The maximum Gasteiger partial charge on any atom is 0.320 e. The Morgan fingerprint density at radius 1 is 1.17 bits per heavy atom. The number of fused-ring (bicyclic) bond motifs is 2. The lowest BCUT2D eigenvalue weighted by Gasteiger charge is -2.15. The number of halogens is 2. The Labute approximate surface area is 165 Å². The summed E-state index contributed by atoms with van der Waals surface area (Å²) in [6.07, 6.45) is 0. The molecule has 1 atom stereocenters. The van der Waals surface area contributed by atoms with Crippen LogP contribution >= 0.6 is 0 Å². The summed E-state index contributed by atoms with van der Waals surface area (Å²) in [4.78, 5) is 16.4. The van der Waals surface area contributed by atoms with Crippen LogP contribution in [0, 0.1) is 0 Å². The zero-order valence-electron chi connectivity index (χ0n) is 15.7. The van der Waals surface area contributed by atoms with Gasteiger partial charge in [-0.2, -0.15) is 8.78 Å². The van der Waals surface area contributed by atoms with Crippen LogP contribution in [0.1, 0.15) is 30.8 Å². The number of carbonyl (C=O) groups excluding carboxylic acids is 1. The van der Waals surface area contributed by atoms with E-state index in [1.165, 1.54) is 0 Å². The van der Waals surface area contributed by atoms with E-state index in [0.717, 1.165) is 10.1 Å². The van der Waals surface area contributed by atoms with Gasteiger partial charge in [-0.05, 0) is 29.8 Å². The average molecular weight is 402 g/mol. The van der Waals surface area contributed by atoms with Crippen molar-refractivity contribution in [2.45, 2.75) is 25.9 Å². The summed E-state index contributed by atoms with van der Waals surface area (Å²) in [6, 6.07) is 11.8. The van der Waals surface area contributed by atoms with Gasteiger partial charge in [0.15, 0.2) is 11.5 Å². The van der Waals surface area contributed by atoms with Crippen molar-refractivity contribution < 1.29 is 23.0 Å². The van der Waals surface area contributed by atoms with E-state index in [1.807, 2.05) is 6.07 Å². The number of carbonyl (C=O) groups is 1. The highest BCUT2D eigenvalue weighted by Gasteiger charge is 2.22. The maximum atomic E-state index is 13.6. The van der Waals surface area contributed by atoms with E-state index < -0.39 is 18.5 Å². The highest BCUT2D eigenvalue weighted by Crippen LogP contribution is 2.32. The van der Waals surface area contributed by atoms with Crippen LogP contribution in [-0.4, -0.2) is 28.9 Å². The van der Waals surface area contributed by atoms with Crippen LogP contribution in [0.2, 0.25) is 0 Å². The molecule has 2 heterocycles. The molecule has 0 bridgehead atoms. The summed E-state index contributed by atoms with van der Waals surface area (Å²) in [5.41, 5.74) is 1.73. The molecule has 152 valence electrons. The molecule has 1 aliphatic heterocycles. The second kappa shape index (κ2) is 7.94. The molecule has 0 spiro atoms. The number of alkyl halides is 2. The quantitative estimate of drug-likeness (QED) is 0.658. The molecule has 0 fully saturated rings. The standard InChI is InChI=1S/C20H20F2N4O3/c1-12(18-25-14-4-2-3-5-15(14)26(18)19(21)22)9-23-20(27)24-10-13-6-7-16-17(8-13)29-11-28-16/h2-8,12,19H,9-11H2,1H3,(H2,23,24,27)/t12-/m0/s1. The van der Waals surface area contributed by atoms with Gasteiger partial charge in [-0.1, -0.05) is 25.1 Å². The number of benzene rings is 2. The minimum absolute atomic E-state index is 0.170. The fourth-order valence-electron chi connectivity index (χ4n) is 3.25. The summed E-state index contributed by atoms with van der Waals surface area (Å²) >= 11 is 0. The van der Waals surface area contributed by atoms with Crippen LogP contribution in [0.5, 0.6) is 11.5 Å². The molecule has 1 aliphatic rings. The van der Waals surface area contributed by atoms with Crippen LogP contribution < -0.4 is 20.1 Å². The Bertz CT molecular complexity index is 1040. The summed E-state index contributed by atoms with van der Waals surface area (Å²) in [5, 5.41) is 5.45. The molecule has 0 aliphatic carbocycles. The number of aromatic nitrogens is 2. The molecule has 0 unspecified atom stereocenters. The van der Waals surface area contributed by atoms with Gasteiger partial charge in [-0.3, -0.25) is 4.57 Å². The summed E-state index contributed by atoms with van der Waals surface area (Å²) in [6.45, 7) is -0.304. The van der Waals surface area contributed by atoms with Crippen LogP contribution in [0.3, 0.4) is 0 Å². The number of rotatable bonds is 6. The lowest BCUT2D eigenvalue weighted by atomic mass is 10.1. The lowest BCUT2D eigenvalue weighted by Crippen LogP contribution is -2.37. The smallest absolute Gasteiger partial charge is 0.320 e. The SMILES string of the molecule is C[C@@H](CNC(=O)NCc1ccc2c(c1)OCO2)c1nc2ccccc2n1C(F)F. The van der Waals surface area contributed by atoms with Crippen molar-refractivity contribution in [2.75, 3.05) is 13.3 Å². The van der Waals surface area contributed by atoms with Crippen molar-refractivity contribution >= 4 is 17.1 Å². The predicted octanol–water partition coefficient (Wildman–Crippen LogP) is 3.76. The van der Waals surface area contributed by atoms with E-state index in [0.29, 0.717) is 29.1 Å². The van der Waals surface area contributed by atoms with Gasteiger partial charge >= 0.3 is 12.6 Å². The number of nitrogens with zero attached hydrogens (tertiary/aromatic N) is 2. The summed E-state index contributed by atoms with van der Waals surface area (Å²) in [7, 11) is 0. The Balaban J connectivity index is 1.36. The number of para-hydroxylation sites is 2. The van der Waals surface area contributed by atoms with Crippen molar-refractivity contribution in [3.05, 3.63) is 53.9 Å². The van der Waals surface area contributed by atoms with Crippen molar-refractivity contribution in [1.82, 2.24) is 20.2 Å². The van der Waals surface area contributed by atoms with Crippen molar-refractivity contribution in [3.63, 3.8) is 0 Å². The molecule has 2 aromatic carbocycles. The summed E-state index contributed by atoms with van der Waals surface area (Å²) < 4.78 is 38.6. The van der Waals surface area contributed by atoms with Gasteiger partial charge in [0.25, 0.3) is 0 Å². The molecule has 9 heteroatoms. The monoisotopic (exact) mass is 402 g/mol. The molecule has 3 aromatic rings. The zero-order chi connectivity index (χ0) is 20.4. The number of ether oxygens (including phenoxy) is 2. The minimum atomic E-state index is -2.71. The first-order valence-corrected chi connectivity index (χ1v) is 9.18. The van der Waals surface area contributed by atoms with Crippen LogP contribution in [0.25, 0.3) is 11.0 Å². The third kappa shape index (κ3) is 3.94. The van der Waals surface area contributed by atoms with E-state index in [1.54, 1.807) is 43.3 Å². The normalized spacial score (nSPS) is 13.7. The topological polar surface area (TPSA) is 77.4 Å². The van der Waals surface area contributed by atoms with Crippen molar-refractivity contribution in [3.8, 4) is 11.5 Å². The number of nitrogens with one attached hydrogen (secondary N) is 2. The largest absolute Gasteiger partial charge is 0.454 e. The maximum absolute atomic E-state index is 13.6. The van der Waals surface area contributed by atoms with E-state index in [9.17, 15) is 13.6 Å². The first-order valence-electron chi connectivity index (χ1n) is 9.18. The van der Waals surface area contributed by atoms with Crippen molar-refractivity contribution in [1.29, 1.82) is 0 Å². The molecule has 1 aromatic heterocycles. The first-order chi connectivity index (χ1) is 14.0. The molecule has 7 nitrogen and oxygen atoms in total. The number of hydrogen-bond acceptors (Lipinski definition) is 4. The molecule has 2 amide bonds. The molecular weight excluding hydrogens is 382 g/mol. The fraction of sp³-hybridized carbons (Fsp3) is 0.300. The van der Waals surface area contributed by atoms with Gasteiger partial charge in [0.1, 0.15) is 5.82 Å². The second-order valence-electron chi connectivity index (χ2n) is 6.76. The van der Waals surface area contributed by atoms with Crippen LogP contribution in [0.15, 0.2) is 42.5 Å². The molecule has 4 rings (SSSR count). The predicted molar refractivity (Wildman–Crippen MR) is 102 cm³/mol. The molecular formula is C20H20F2N4O3. The fourth-order valence-corrected chi connectivity index (χ4v) is 3.25. The minimum Gasteiger partial charge on any atom is -0.454 e. The molecule has 0 saturated carbocycles. The third-order valence-electron chi connectivity index (χ3n) is 4.72. The average Bonchev–Trinajstić information content (AvgIpc) is 3.34. The van der Waals surface area contributed by atoms with Gasteiger partial charge in [-0.25, -0.2) is 9.78 Å². The second-order valence-corrected chi connectivity index (χ2v) is 6.76. The Morgan fingerprint density at radius 2 is 1.97 bits per heavy atom. The first kappa shape index (κ1) is 19.0. The molecule has 29 heavy (non-hydrogen) atoms. The van der Waals surface area contributed by atoms with Gasteiger partial charge in [-0.15, -0.1) is 0 Å². The highest BCUT2D eigenvalue weighted by molar-refractivity contribution is 5.76. The Morgan fingerprint density at radius 3 is 2.79 bits per heavy atom. The summed E-state index contributed by atoms with van der Waals surface area (Å²) in [5.74, 6) is 1.16. The molecule has 2 N–H and O–H groups in total. The van der Waals surface area contributed by atoms with E-state index in [2.05, 4.69) is 15.6 Å². The number of urea groups is 1. The number of hydrogen-bond donors (Lipinski definition) is 2. The van der Waals surface area contributed by atoms with Gasteiger partial charge in [0, 0.05) is 19.0 Å². The number of imidazole rings is 1.